The molecule has 4 nitrogen and oxygen atoms in total. The maximum Gasteiger partial charge on any atom is 0.243 e. The Hall–Kier alpha value is -1.79. The van der Waals surface area contributed by atoms with Crippen molar-refractivity contribution in [1.82, 2.24) is 4.90 Å². The van der Waals surface area contributed by atoms with Gasteiger partial charge in [-0.2, -0.15) is 0 Å². The molecular formula is C18H19BrN2O2S. The lowest BCUT2D eigenvalue weighted by Gasteiger charge is -2.16. The van der Waals surface area contributed by atoms with Crippen molar-refractivity contribution in [3.8, 4) is 0 Å². The Kier molecular flexibility index (Phi) is 6.87. The molecule has 0 saturated heterocycles. The number of amides is 2. The first-order valence-corrected chi connectivity index (χ1v) is 9.21. The van der Waals surface area contributed by atoms with Gasteiger partial charge >= 0.3 is 0 Å². The number of carbonyl (C=O) groups is 2. The number of aryl methyl sites for hydroxylation is 1. The van der Waals surface area contributed by atoms with Crippen molar-refractivity contribution >= 4 is 45.2 Å². The number of anilines is 1. The summed E-state index contributed by atoms with van der Waals surface area (Å²) in [6, 6.07) is 15.3. The van der Waals surface area contributed by atoms with E-state index in [1.165, 1.54) is 16.7 Å². The van der Waals surface area contributed by atoms with Crippen LogP contribution in [-0.4, -0.2) is 36.1 Å². The number of likely N-dealkylation sites (N-methyl/N-ethyl adjacent to an activating group) is 1. The highest BCUT2D eigenvalue weighted by molar-refractivity contribution is 9.10. The van der Waals surface area contributed by atoms with Crippen molar-refractivity contribution in [3.05, 3.63) is 58.6 Å². The molecule has 24 heavy (non-hydrogen) atoms. The summed E-state index contributed by atoms with van der Waals surface area (Å²) in [5.74, 6) is 0.0148. The summed E-state index contributed by atoms with van der Waals surface area (Å²) in [7, 11) is 1.64. The van der Waals surface area contributed by atoms with Gasteiger partial charge in [0.25, 0.3) is 0 Å². The molecule has 0 aliphatic heterocycles. The summed E-state index contributed by atoms with van der Waals surface area (Å²) in [6.45, 7) is 2.02. The Bertz CT molecular complexity index is 702. The number of carbonyl (C=O) groups excluding carboxylic acids is 2. The third kappa shape index (κ3) is 6.02. The monoisotopic (exact) mass is 406 g/mol. The number of thioether (sulfide) groups is 1. The van der Waals surface area contributed by atoms with Gasteiger partial charge in [-0.25, -0.2) is 0 Å². The van der Waals surface area contributed by atoms with Gasteiger partial charge in [0, 0.05) is 22.1 Å². The molecule has 0 aromatic heterocycles. The third-order valence-corrected chi connectivity index (χ3v) is 4.84. The molecule has 0 aliphatic rings. The zero-order valence-electron chi connectivity index (χ0n) is 13.6. The first kappa shape index (κ1) is 18.5. The van der Waals surface area contributed by atoms with Gasteiger partial charge in [-0.1, -0.05) is 33.6 Å². The summed E-state index contributed by atoms with van der Waals surface area (Å²) in [5.41, 5.74) is 1.86. The molecule has 0 unspecified atom stereocenters. The van der Waals surface area contributed by atoms with Crippen molar-refractivity contribution in [2.24, 2.45) is 0 Å². The number of benzene rings is 2. The van der Waals surface area contributed by atoms with E-state index in [4.69, 9.17) is 0 Å². The average Bonchev–Trinajstić information content (AvgIpc) is 2.56. The van der Waals surface area contributed by atoms with Crippen LogP contribution in [-0.2, 0) is 9.59 Å². The summed E-state index contributed by atoms with van der Waals surface area (Å²) < 4.78 is 1.00. The van der Waals surface area contributed by atoms with E-state index in [0.717, 1.165) is 20.6 Å². The Morgan fingerprint density at radius 3 is 2.33 bits per heavy atom. The number of hydrogen-bond acceptors (Lipinski definition) is 3. The molecule has 126 valence electrons. The summed E-state index contributed by atoms with van der Waals surface area (Å²) in [6.07, 6.45) is 0. The van der Waals surface area contributed by atoms with Crippen LogP contribution >= 0.6 is 27.7 Å². The van der Waals surface area contributed by atoms with Crippen LogP contribution in [0.3, 0.4) is 0 Å². The van der Waals surface area contributed by atoms with E-state index in [0.29, 0.717) is 5.75 Å². The number of halogens is 1. The molecule has 0 saturated carbocycles. The molecule has 0 bridgehead atoms. The molecule has 2 rings (SSSR count). The minimum Gasteiger partial charge on any atom is -0.336 e. The molecule has 2 amide bonds. The molecule has 0 radical (unpaired) electrons. The highest BCUT2D eigenvalue weighted by atomic mass is 79.9. The summed E-state index contributed by atoms with van der Waals surface area (Å²) in [5, 5.41) is 2.79. The molecule has 6 heteroatoms. The zero-order valence-corrected chi connectivity index (χ0v) is 16.0. The van der Waals surface area contributed by atoms with Crippen molar-refractivity contribution in [2.45, 2.75) is 11.8 Å². The number of hydrogen-bond donors (Lipinski definition) is 1. The van der Waals surface area contributed by atoms with E-state index in [1.807, 2.05) is 55.5 Å². The van der Waals surface area contributed by atoms with Crippen LogP contribution in [0.25, 0.3) is 0 Å². The number of nitrogens with one attached hydrogen (secondary N) is 1. The van der Waals surface area contributed by atoms with E-state index in [-0.39, 0.29) is 18.4 Å². The summed E-state index contributed by atoms with van der Waals surface area (Å²) in [4.78, 5) is 26.6. The fourth-order valence-electron chi connectivity index (χ4n) is 1.93. The van der Waals surface area contributed by atoms with Crippen molar-refractivity contribution in [1.29, 1.82) is 0 Å². The molecule has 1 N–H and O–H groups in total. The van der Waals surface area contributed by atoms with E-state index < -0.39 is 0 Å². The number of nitrogens with zero attached hydrogens (tertiary/aromatic N) is 1. The predicted octanol–water partition coefficient (Wildman–Crippen LogP) is 3.95. The van der Waals surface area contributed by atoms with Gasteiger partial charge in [0.2, 0.25) is 11.8 Å². The zero-order chi connectivity index (χ0) is 17.5. The van der Waals surface area contributed by atoms with Crippen molar-refractivity contribution < 1.29 is 9.59 Å². The predicted molar refractivity (Wildman–Crippen MR) is 102 cm³/mol. The van der Waals surface area contributed by atoms with E-state index in [1.54, 1.807) is 7.05 Å². The standard InChI is InChI=1S/C18H19BrN2O2S/c1-13-3-7-15(8-4-13)20-17(22)11-21(2)18(23)12-24-16-9-5-14(19)6-10-16/h3-10H,11-12H2,1-2H3,(H,20,22). The van der Waals surface area contributed by atoms with Gasteiger partial charge in [0.1, 0.15) is 0 Å². The Labute approximate surface area is 154 Å². The fraction of sp³-hybridized carbons (Fsp3) is 0.222. The van der Waals surface area contributed by atoms with Crippen LogP contribution in [0, 0.1) is 6.92 Å². The second-order valence-corrected chi connectivity index (χ2v) is 7.37. The lowest BCUT2D eigenvalue weighted by atomic mass is 10.2. The summed E-state index contributed by atoms with van der Waals surface area (Å²) >= 11 is 4.83. The second-order valence-electron chi connectivity index (χ2n) is 5.41. The van der Waals surface area contributed by atoms with Gasteiger partial charge in [-0.15, -0.1) is 11.8 Å². The fourth-order valence-corrected chi connectivity index (χ4v) is 3.03. The Morgan fingerprint density at radius 2 is 1.71 bits per heavy atom. The van der Waals surface area contributed by atoms with Crippen LogP contribution in [0.1, 0.15) is 5.56 Å². The third-order valence-electron chi connectivity index (χ3n) is 3.32. The van der Waals surface area contributed by atoms with E-state index >= 15 is 0 Å². The maximum absolute atomic E-state index is 12.1. The maximum atomic E-state index is 12.1. The lowest BCUT2D eigenvalue weighted by Crippen LogP contribution is -2.35. The molecule has 0 fully saturated rings. The molecular weight excluding hydrogens is 388 g/mol. The SMILES string of the molecule is Cc1ccc(NC(=O)CN(C)C(=O)CSc2ccc(Br)cc2)cc1. The molecule has 2 aromatic rings. The molecule has 0 heterocycles. The minimum atomic E-state index is -0.205. The van der Waals surface area contributed by atoms with Crippen LogP contribution in [0.4, 0.5) is 5.69 Å². The Morgan fingerprint density at radius 1 is 1.08 bits per heavy atom. The largest absolute Gasteiger partial charge is 0.336 e. The molecule has 0 spiro atoms. The highest BCUT2D eigenvalue weighted by Crippen LogP contribution is 2.20. The van der Waals surface area contributed by atoms with Gasteiger partial charge < -0.3 is 10.2 Å². The van der Waals surface area contributed by atoms with Crippen molar-refractivity contribution in [2.75, 3.05) is 24.7 Å². The number of rotatable bonds is 6. The quantitative estimate of drug-likeness (QED) is 0.738. The topological polar surface area (TPSA) is 49.4 Å². The minimum absolute atomic E-state index is 0.0353. The molecule has 0 aliphatic carbocycles. The first-order chi connectivity index (χ1) is 11.4. The van der Waals surface area contributed by atoms with E-state index in [2.05, 4.69) is 21.2 Å². The van der Waals surface area contributed by atoms with Crippen LogP contribution < -0.4 is 5.32 Å². The van der Waals surface area contributed by atoms with Crippen LogP contribution in [0.2, 0.25) is 0 Å². The van der Waals surface area contributed by atoms with Crippen LogP contribution in [0.15, 0.2) is 57.9 Å². The Balaban J connectivity index is 1.78. The highest BCUT2D eigenvalue weighted by Gasteiger charge is 2.13. The second kappa shape index (κ2) is 8.89. The normalized spacial score (nSPS) is 10.3. The average molecular weight is 407 g/mol. The first-order valence-electron chi connectivity index (χ1n) is 7.43. The van der Waals surface area contributed by atoms with Crippen LogP contribution in [0.5, 0.6) is 0 Å². The van der Waals surface area contributed by atoms with Gasteiger partial charge in [-0.3, -0.25) is 9.59 Å². The molecule has 2 aromatic carbocycles. The smallest absolute Gasteiger partial charge is 0.243 e. The van der Waals surface area contributed by atoms with Crippen molar-refractivity contribution in [3.63, 3.8) is 0 Å². The van der Waals surface area contributed by atoms with E-state index in [9.17, 15) is 9.59 Å². The van der Waals surface area contributed by atoms with Gasteiger partial charge in [0.15, 0.2) is 0 Å². The molecule has 0 atom stereocenters. The van der Waals surface area contributed by atoms with Gasteiger partial charge in [0.05, 0.1) is 12.3 Å². The lowest BCUT2D eigenvalue weighted by molar-refractivity contribution is -0.131. The van der Waals surface area contributed by atoms with Gasteiger partial charge in [-0.05, 0) is 43.3 Å².